The molecule has 162 valence electrons. The molecule has 2 aromatic rings. The third kappa shape index (κ3) is 4.13. The number of hydrogen-bond donors (Lipinski definition) is 0. The Morgan fingerprint density at radius 3 is 1.52 bits per heavy atom. The number of carbonyl (C=O) groups excluding carboxylic acids is 4. The summed E-state index contributed by atoms with van der Waals surface area (Å²) in [5.41, 5.74) is -0.0426. The van der Waals surface area contributed by atoms with Gasteiger partial charge in [-0.25, -0.2) is 0 Å². The Bertz CT molecular complexity index is 1000. The fraction of sp³-hybridized carbons (Fsp3) is 0.481. The Morgan fingerprint density at radius 1 is 0.645 bits per heavy atom. The van der Waals surface area contributed by atoms with Crippen LogP contribution in [0.3, 0.4) is 0 Å². The van der Waals surface area contributed by atoms with Gasteiger partial charge in [0.25, 0.3) is 0 Å². The van der Waals surface area contributed by atoms with Crippen molar-refractivity contribution in [2.24, 2.45) is 22.7 Å². The monoisotopic (exact) mass is 418 g/mol. The first kappa shape index (κ1) is 21.6. The van der Waals surface area contributed by atoms with Crippen LogP contribution < -0.4 is 0 Å². The Kier molecular flexibility index (Phi) is 5.23. The van der Waals surface area contributed by atoms with Gasteiger partial charge >= 0.3 is 0 Å². The maximum Gasteiger partial charge on any atom is 0.144 e. The molecule has 4 heteroatoms. The molecule has 0 radical (unpaired) electrons. The predicted octanol–water partition coefficient (Wildman–Crippen LogP) is 5.07. The maximum absolute atomic E-state index is 13.2. The Morgan fingerprint density at radius 2 is 1.06 bits per heavy atom. The van der Waals surface area contributed by atoms with Gasteiger partial charge in [-0.15, -0.1) is 0 Å². The minimum atomic E-state index is -0.937. The van der Waals surface area contributed by atoms with Crippen molar-refractivity contribution in [2.45, 2.75) is 59.3 Å². The van der Waals surface area contributed by atoms with Crippen LogP contribution in [0.5, 0.6) is 0 Å². The third-order valence-electron chi connectivity index (χ3n) is 6.88. The highest BCUT2D eigenvalue weighted by Crippen LogP contribution is 2.47. The van der Waals surface area contributed by atoms with Crippen molar-refractivity contribution in [2.75, 3.05) is 0 Å². The van der Waals surface area contributed by atoms with E-state index in [-0.39, 0.29) is 59.6 Å². The number of rotatable bonds is 3. The highest BCUT2D eigenvalue weighted by atomic mass is 16.2. The quantitative estimate of drug-likeness (QED) is 0.653. The van der Waals surface area contributed by atoms with Crippen LogP contribution in [0.25, 0.3) is 10.8 Å². The summed E-state index contributed by atoms with van der Waals surface area (Å²) in [5.74, 6) is -3.19. The molecule has 2 fully saturated rings. The molecule has 0 atom stereocenters. The summed E-state index contributed by atoms with van der Waals surface area (Å²) in [6.07, 6.45) is 1.14. The van der Waals surface area contributed by atoms with Crippen molar-refractivity contribution >= 4 is 33.9 Å². The lowest BCUT2D eigenvalue weighted by Crippen LogP contribution is -2.48. The Balaban J connectivity index is 1.84. The van der Waals surface area contributed by atoms with E-state index in [4.69, 9.17) is 0 Å². The average molecular weight is 419 g/mol. The van der Waals surface area contributed by atoms with Gasteiger partial charge in [0.15, 0.2) is 0 Å². The zero-order chi connectivity index (χ0) is 22.6. The van der Waals surface area contributed by atoms with Crippen molar-refractivity contribution in [1.82, 2.24) is 0 Å². The number of benzene rings is 2. The molecule has 0 aromatic heterocycles. The molecule has 0 aliphatic heterocycles. The lowest BCUT2D eigenvalue weighted by Gasteiger charge is -2.41. The first-order valence-corrected chi connectivity index (χ1v) is 11.1. The number of carbonyl (C=O) groups is 4. The first-order chi connectivity index (χ1) is 14.5. The van der Waals surface area contributed by atoms with Crippen LogP contribution in [0.2, 0.25) is 0 Å². The van der Waals surface area contributed by atoms with E-state index in [1.807, 2.05) is 70.2 Å². The molecule has 2 aromatic carbocycles. The first-order valence-electron chi connectivity index (χ1n) is 11.1. The molecule has 31 heavy (non-hydrogen) atoms. The molecule has 0 bridgehead atoms. The number of Topliss-reactive ketones (excluding diaryl/α,β-unsaturated/α-hetero) is 4. The number of hydrogen-bond acceptors (Lipinski definition) is 4. The van der Waals surface area contributed by atoms with Crippen molar-refractivity contribution in [3.8, 4) is 0 Å². The van der Waals surface area contributed by atoms with Gasteiger partial charge in [0.05, 0.1) is 11.8 Å². The minimum Gasteiger partial charge on any atom is -0.299 e. The summed E-state index contributed by atoms with van der Waals surface area (Å²) in [6.45, 7) is 7.68. The smallest absolute Gasteiger partial charge is 0.144 e. The normalized spacial score (nSPS) is 22.5. The van der Waals surface area contributed by atoms with Gasteiger partial charge in [-0.05, 0) is 27.2 Å². The fourth-order valence-electron chi connectivity index (χ4n) is 5.60. The highest BCUT2D eigenvalue weighted by molar-refractivity contribution is 6.11. The van der Waals surface area contributed by atoms with Crippen molar-refractivity contribution < 1.29 is 19.2 Å². The van der Waals surface area contributed by atoms with Gasteiger partial charge in [0, 0.05) is 31.6 Å². The standard InChI is InChI=1S/C27H30O4/c1-26(2)12-19(28)24(20(29)13-26)23(25-21(30)14-27(3,4)15-22(25)31)18-10-9-16-7-5-6-8-17(16)11-18/h5-11,23-25H,12-15H2,1-4H3. The lowest BCUT2D eigenvalue weighted by atomic mass is 9.59. The summed E-state index contributed by atoms with van der Waals surface area (Å²) < 4.78 is 0. The van der Waals surface area contributed by atoms with E-state index >= 15 is 0 Å². The largest absolute Gasteiger partial charge is 0.299 e. The van der Waals surface area contributed by atoms with Crippen LogP contribution in [0.1, 0.15) is 64.9 Å². The summed E-state index contributed by atoms with van der Waals surface area (Å²) in [5, 5.41) is 2.01. The Hall–Kier alpha value is -2.62. The molecular weight excluding hydrogens is 388 g/mol. The molecule has 2 aliphatic rings. The summed E-state index contributed by atoms with van der Waals surface area (Å²) in [6, 6.07) is 13.6. The number of fused-ring (bicyclic) bond motifs is 1. The van der Waals surface area contributed by atoms with Crippen molar-refractivity contribution in [3.63, 3.8) is 0 Å². The molecule has 2 aliphatic carbocycles. The molecule has 4 rings (SSSR count). The molecule has 2 saturated carbocycles. The van der Waals surface area contributed by atoms with Gasteiger partial charge in [-0.2, -0.15) is 0 Å². The van der Waals surface area contributed by atoms with Gasteiger partial charge in [0.2, 0.25) is 0 Å². The molecule has 4 nitrogen and oxygen atoms in total. The minimum absolute atomic E-state index is 0.148. The van der Waals surface area contributed by atoms with Gasteiger partial charge < -0.3 is 0 Å². The molecule has 0 unspecified atom stereocenters. The van der Waals surface area contributed by atoms with Crippen molar-refractivity contribution in [3.05, 3.63) is 48.0 Å². The Labute approximate surface area is 183 Å². The molecule has 0 heterocycles. The predicted molar refractivity (Wildman–Crippen MR) is 120 cm³/mol. The van der Waals surface area contributed by atoms with Crippen LogP contribution in [0.15, 0.2) is 42.5 Å². The van der Waals surface area contributed by atoms with Crippen LogP contribution >= 0.6 is 0 Å². The zero-order valence-electron chi connectivity index (χ0n) is 18.7. The van der Waals surface area contributed by atoms with Crippen LogP contribution in [0, 0.1) is 22.7 Å². The maximum atomic E-state index is 13.2. The van der Waals surface area contributed by atoms with E-state index < -0.39 is 17.8 Å². The van der Waals surface area contributed by atoms with E-state index in [9.17, 15) is 19.2 Å². The van der Waals surface area contributed by atoms with Gasteiger partial charge in [-0.1, -0.05) is 70.2 Å². The highest BCUT2D eigenvalue weighted by Gasteiger charge is 2.52. The van der Waals surface area contributed by atoms with E-state index in [2.05, 4.69) is 0 Å². The second-order valence-electron chi connectivity index (χ2n) is 11.0. The zero-order valence-corrected chi connectivity index (χ0v) is 18.7. The average Bonchev–Trinajstić information content (AvgIpc) is 2.63. The van der Waals surface area contributed by atoms with E-state index in [0.717, 1.165) is 16.3 Å². The lowest BCUT2D eigenvalue weighted by molar-refractivity contribution is -0.145. The van der Waals surface area contributed by atoms with Crippen LogP contribution in [-0.4, -0.2) is 23.1 Å². The number of ketones is 4. The molecule has 0 saturated heterocycles. The SMILES string of the molecule is CC1(C)CC(=O)C(C(c2ccc3ccccc3c2)C2C(=O)CC(C)(C)CC2=O)C(=O)C1. The molecular formula is C27H30O4. The summed E-state index contributed by atoms with van der Waals surface area (Å²) in [7, 11) is 0. The van der Waals surface area contributed by atoms with E-state index in [1.54, 1.807) is 0 Å². The van der Waals surface area contributed by atoms with Crippen molar-refractivity contribution in [1.29, 1.82) is 0 Å². The van der Waals surface area contributed by atoms with Crippen LogP contribution in [0.4, 0.5) is 0 Å². The fourth-order valence-corrected chi connectivity index (χ4v) is 5.60. The van der Waals surface area contributed by atoms with Gasteiger partial charge in [-0.3, -0.25) is 19.2 Å². The third-order valence-corrected chi connectivity index (χ3v) is 6.88. The molecule has 0 spiro atoms. The second-order valence-corrected chi connectivity index (χ2v) is 11.0. The second kappa shape index (κ2) is 7.51. The summed E-state index contributed by atoms with van der Waals surface area (Å²) in [4.78, 5) is 53.0. The molecule has 0 N–H and O–H groups in total. The van der Waals surface area contributed by atoms with Gasteiger partial charge in [0.1, 0.15) is 23.1 Å². The summed E-state index contributed by atoms with van der Waals surface area (Å²) >= 11 is 0. The van der Waals surface area contributed by atoms with E-state index in [0.29, 0.717) is 0 Å². The van der Waals surface area contributed by atoms with E-state index in [1.165, 1.54) is 0 Å². The van der Waals surface area contributed by atoms with Crippen LogP contribution in [-0.2, 0) is 19.2 Å². The molecule has 0 amide bonds. The topological polar surface area (TPSA) is 68.3 Å².